The summed E-state index contributed by atoms with van der Waals surface area (Å²) in [6.07, 6.45) is 0. The van der Waals surface area contributed by atoms with Crippen LogP contribution in [0.15, 0.2) is 48.5 Å². The molecule has 2 aromatic carbocycles. The van der Waals surface area contributed by atoms with Crippen LogP contribution >= 0.6 is 16.5 Å². The van der Waals surface area contributed by atoms with E-state index in [1.54, 1.807) is 24.3 Å². The topological polar surface area (TPSA) is 0 Å². The van der Waals surface area contributed by atoms with Crippen molar-refractivity contribution in [3.63, 3.8) is 0 Å². The zero-order valence-corrected chi connectivity index (χ0v) is 11.0. The van der Waals surface area contributed by atoms with Crippen molar-refractivity contribution in [2.24, 2.45) is 0 Å². The minimum atomic E-state index is -0.747. The van der Waals surface area contributed by atoms with Crippen LogP contribution in [0.25, 0.3) is 0 Å². The molecule has 0 aliphatic heterocycles. The summed E-state index contributed by atoms with van der Waals surface area (Å²) in [5.74, 6) is -0.331. The molecular weight excluding hydrogens is 244 g/mol. The maximum absolute atomic E-state index is 13.3. The first-order chi connectivity index (χ1) is 7.77. The van der Waals surface area contributed by atoms with E-state index in [1.165, 1.54) is 12.1 Å². The van der Waals surface area contributed by atoms with Crippen LogP contribution in [-0.2, 0) is 0 Å². The van der Waals surface area contributed by atoms with Gasteiger partial charge >= 0.3 is 96.1 Å². The van der Waals surface area contributed by atoms with Crippen molar-refractivity contribution in [2.45, 2.75) is 0 Å². The average Bonchev–Trinajstić information content (AvgIpc) is 2.30. The Morgan fingerprint density at radius 3 is 2.12 bits per heavy atom. The van der Waals surface area contributed by atoms with Gasteiger partial charge in [0.2, 0.25) is 0 Å². The van der Waals surface area contributed by atoms with Gasteiger partial charge in [0, 0.05) is 0 Å². The Morgan fingerprint density at radius 1 is 0.812 bits per heavy atom. The monoisotopic (exact) mass is 256 g/mol. The Hall–Kier alpha value is -0.840. The van der Waals surface area contributed by atoms with Gasteiger partial charge in [-0.3, -0.25) is 0 Å². The van der Waals surface area contributed by atoms with E-state index in [0.717, 1.165) is 10.6 Å². The van der Waals surface area contributed by atoms with Crippen molar-refractivity contribution in [1.29, 1.82) is 0 Å². The predicted octanol–water partition coefficient (Wildman–Crippen LogP) is 2.65. The molecule has 16 heavy (non-hydrogen) atoms. The Kier molecular flexibility index (Phi) is 3.98. The number of hydrogen-bond donors (Lipinski definition) is 0. The van der Waals surface area contributed by atoms with Crippen molar-refractivity contribution in [3.05, 3.63) is 60.2 Å². The number of benzene rings is 2. The second-order valence-electron chi connectivity index (χ2n) is 3.42. The molecule has 0 amide bonds. The fraction of sp³-hybridized carbons (Fsp3) is 0. The zero-order valence-electron chi connectivity index (χ0n) is 8.58. The standard InChI is InChI=1S/C12H12F2P2/c13-9-5-1-3-7-11(9)15-16-12-8-4-2-6-10(12)14/h1-8,15H,16H3. The van der Waals surface area contributed by atoms with Crippen molar-refractivity contribution in [2.75, 3.05) is 0 Å². The first kappa shape index (κ1) is 11.6. The van der Waals surface area contributed by atoms with E-state index >= 15 is 0 Å². The van der Waals surface area contributed by atoms with Gasteiger partial charge in [-0.1, -0.05) is 0 Å². The third-order valence-electron chi connectivity index (χ3n) is 2.30. The molecule has 0 aliphatic carbocycles. The SMILES string of the molecule is Fc1ccccc1P[PH3]c1ccccc1F. The van der Waals surface area contributed by atoms with E-state index in [9.17, 15) is 8.78 Å². The second kappa shape index (κ2) is 5.48. The summed E-state index contributed by atoms with van der Waals surface area (Å²) in [4.78, 5) is 0. The van der Waals surface area contributed by atoms with Crippen LogP contribution in [0.1, 0.15) is 0 Å². The molecule has 2 rings (SSSR count). The molecule has 0 aliphatic rings. The van der Waals surface area contributed by atoms with E-state index in [1.807, 2.05) is 12.1 Å². The van der Waals surface area contributed by atoms with Gasteiger partial charge in [0.25, 0.3) is 0 Å². The summed E-state index contributed by atoms with van der Waals surface area (Å²) in [6.45, 7) is 0. The average molecular weight is 256 g/mol. The summed E-state index contributed by atoms with van der Waals surface area (Å²) in [5, 5.41) is 1.50. The molecule has 84 valence electrons. The van der Waals surface area contributed by atoms with E-state index in [-0.39, 0.29) is 11.6 Å². The van der Waals surface area contributed by atoms with Gasteiger partial charge in [0.15, 0.2) is 0 Å². The third-order valence-corrected chi connectivity index (χ3v) is 7.03. The molecule has 0 nitrogen and oxygen atoms in total. The molecule has 0 radical (unpaired) electrons. The van der Waals surface area contributed by atoms with E-state index in [2.05, 4.69) is 0 Å². The minimum absolute atomic E-state index is 0.155. The van der Waals surface area contributed by atoms with Crippen molar-refractivity contribution < 1.29 is 8.78 Å². The van der Waals surface area contributed by atoms with Gasteiger partial charge in [-0.05, 0) is 0 Å². The van der Waals surface area contributed by atoms with Crippen molar-refractivity contribution in [1.82, 2.24) is 0 Å². The molecule has 1 atom stereocenters. The van der Waals surface area contributed by atoms with Crippen LogP contribution in [0.3, 0.4) is 0 Å². The normalized spacial score (nSPS) is 11.4. The first-order valence-electron chi connectivity index (χ1n) is 4.99. The molecule has 0 heterocycles. The molecule has 0 bridgehead atoms. The summed E-state index contributed by atoms with van der Waals surface area (Å²) in [7, 11) is -0.346. The van der Waals surface area contributed by atoms with Crippen LogP contribution in [-0.4, -0.2) is 0 Å². The van der Waals surface area contributed by atoms with Gasteiger partial charge in [-0.25, -0.2) is 0 Å². The summed E-state index contributed by atoms with van der Waals surface area (Å²) in [5.41, 5.74) is 0. The van der Waals surface area contributed by atoms with Crippen molar-refractivity contribution >= 4 is 27.1 Å². The zero-order chi connectivity index (χ0) is 11.4. The maximum atomic E-state index is 13.3. The van der Waals surface area contributed by atoms with Gasteiger partial charge in [-0.2, -0.15) is 0 Å². The summed E-state index contributed by atoms with van der Waals surface area (Å²) in [6, 6.07) is 13.5. The van der Waals surface area contributed by atoms with E-state index in [4.69, 9.17) is 0 Å². The van der Waals surface area contributed by atoms with Crippen LogP contribution in [0.2, 0.25) is 0 Å². The third kappa shape index (κ3) is 2.84. The van der Waals surface area contributed by atoms with Gasteiger partial charge in [-0.15, -0.1) is 0 Å². The molecule has 0 spiro atoms. The summed E-state index contributed by atoms with van der Waals surface area (Å²) < 4.78 is 26.7. The molecule has 0 saturated carbocycles. The first-order valence-corrected chi connectivity index (χ1v) is 9.03. The molecule has 0 saturated heterocycles. The van der Waals surface area contributed by atoms with Gasteiger partial charge in [0.1, 0.15) is 0 Å². The van der Waals surface area contributed by atoms with Crippen LogP contribution in [0.4, 0.5) is 8.78 Å². The molecule has 2 aromatic rings. The molecular formula is C12H12F2P2. The Morgan fingerprint density at radius 2 is 1.44 bits per heavy atom. The van der Waals surface area contributed by atoms with Crippen LogP contribution in [0, 0.1) is 11.6 Å². The summed E-state index contributed by atoms with van der Waals surface area (Å²) >= 11 is 0. The van der Waals surface area contributed by atoms with Gasteiger partial charge in [0.05, 0.1) is 0 Å². The van der Waals surface area contributed by atoms with Crippen LogP contribution in [0.5, 0.6) is 0 Å². The molecule has 1 unspecified atom stereocenters. The Bertz CT molecular complexity index is 440. The fourth-order valence-corrected chi connectivity index (χ4v) is 5.69. The quantitative estimate of drug-likeness (QED) is 0.741. The number of hydrogen-bond acceptors (Lipinski definition) is 0. The molecule has 0 aromatic heterocycles. The van der Waals surface area contributed by atoms with Gasteiger partial charge < -0.3 is 0 Å². The predicted molar refractivity (Wildman–Crippen MR) is 71.5 cm³/mol. The fourth-order valence-electron chi connectivity index (χ4n) is 1.44. The molecule has 0 N–H and O–H groups in total. The number of rotatable bonds is 3. The van der Waals surface area contributed by atoms with Crippen LogP contribution < -0.4 is 10.6 Å². The number of halogens is 2. The Labute approximate surface area is 96.5 Å². The van der Waals surface area contributed by atoms with Crippen molar-refractivity contribution in [3.8, 4) is 0 Å². The second-order valence-corrected chi connectivity index (χ2v) is 7.55. The van der Waals surface area contributed by atoms with E-state index in [0.29, 0.717) is 8.27 Å². The molecule has 4 heteroatoms. The van der Waals surface area contributed by atoms with E-state index < -0.39 is 8.27 Å². The molecule has 0 fully saturated rings. The Balaban J connectivity index is 2.09.